The summed E-state index contributed by atoms with van der Waals surface area (Å²) in [6, 6.07) is 0.877. The summed E-state index contributed by atoms with van der Waals surface area (Å²) < 4.78 is 24.2. The molecule has 0 amide bonds. The molecule has 0 atom stereocenters. The maximum Gasteiger partial charge on any atom is 0.280 e. The van der Waals surface area contributed by atoms with E-state index in [9.17, 15) is 13.6 Å². The van der Waals surface area contributed by atoms with Crippen molar-refractivity contribution in [3.05, 3.63) is 28.5 Å². The largest absolute Gasteiger partial charge is 0.280 e. The minimum Gasteiger partial charge on any atom is -0.276 e. The Labute approximate surface area is 82.5 Å². The molecule has 1 aromatic heterocycles. The SMILES string of the molecule is O=C(Cl)c1cc(C(F)F)ncc1Cl. The first-order valence-corrected chi connectivity index (χ1v) is 3.91. The zero-order valence-corrected chi connectivity index (χ0v) is 7.61. The monoisotopic (exact) mass is 225 g/mol. The van der Waals surface area contributed by atoms with E-state index in [4.69, 9.17) is 23.2 Å². The summed E-state index contributed by atoms with van der Waals surface area (Å²) in [6.45, 7) is 0. The van der Waals surface area contributed by atoms with Crippen LogP contribution in [-0.2, 0) is 0 Å². The van der Waals surface area contributed by atoms with Gasteiger partial charge in [0, 0.05) is 6.20 Å². The van der Waals surface area contributed by atoms with Gasteiger partial charge in [-0.2, -0.15) is 0 Å². The molecule has 0 fully saturated rings. The molecule has 0 saturated carbocycles. The van der Waals surface area contributed by atoms with Crippen LogP contribution in [0.15, 0.2) is 12.3 Å². The molecule has 1 heterocycles. The van der Waals surface area contributed by atoms with Crippen molar-refractivity contribution < 1.29 is 13.6 Å². The predicted molar refractivity (Wildman–Crippen MR) is 44.4 cm³/mol. The van der Waals surface area contributed by atoms with Gasteiger partial charge in [-0.15, -0.1) is 0 Å². The molecule has 0 aliphatic carbocycles. The van der Waals surface area contributed by atoms with Gasteiger partial charge in [0.2, 0.25) is 0 Å². The maximum atomic E-state index is 12.1. The fourth-order valence-electron chi connectivity index (χ4n) is 0.725. The first kappa shape index (κ1) is 10.3. The number of carbonyl (C=O) groups excluding carboxylic acids is 1. The van der Waals surface area contributed by atoms with Crippen LogP contribution in [0.4, 0.5) is 8.78 Å². The van der Waals surface area contributed by atoms with Crippen molar-refractivity contribution in [2.45, 2.75) is 6.43 Å². The van der Waals surface area contributed by atoms with Gasteiger partial charge >= 0.3 is 0 Å². The number of alkyl halides is 2. The fourth-order valence-corrected chi connectivity index (χ4v) is 1.12. The van der Waals surface area contributed by atoms with Crippen molar-refractivity contribution in [1.82, 2.24) is 4.98 Å². The van der Waals surface area contributed by atoms with Crippen LogP contribution in [0.3, 0.4) is 0 Å². The molecule has 1 aromatic rings. The molecular formula is C7H3Cl2F2NO. The molecule has 6 heteroatoms. The number of nitrogens with zero attached hydrogens (tertiary/aromatic N) is 1. The van der Waals surface area contributed by atoms with E-state index < -0.39 is 17.4 Å². The molecule has 0 N–H and O–H groups in total. The number of aromatic nitrogens is 1. The zero-order valence-electron chi connectivity index (χ0n) is 6.10. The van der Waals surface area contributed by atoms with Gasteiger partial charge in [0.25, 0.3) is 11.7 Å². The van der Waals surface area contributed by atoms with Crippen molar-refractivity contribution in [2.24, 2.45) is 0 Å². The molecule has 0 saturated heterocycles. The van der Waals surface area contributed by atoms with Crippen LogP contribution in [0.5, 0.6) is 0 Å². The average molecular weight is 226 g/mol. The van der Waals surface area contributed by atoms with E-state index in [1.165, 1.54) is 0 Å². The Balaban J connectivity index is 3.19. The van der Waals surface area contributed by atoms with Gasteiger partial charge in [-0.1, -0.05) is 11.6 Å². The molecule has 0 aliphatic heterocycles. The summed E-state index contributed by atoms with van der Waals surface area (Å²) in [7, 11) is 0. The first-order valence-electron chi connectivity index (χ1n) is 3.16. The van der Waals surface area contributed by atoms with Crippen molar-refractivity contribution in [1.29, 1.82) is 0 Å². The third-order valence-corrected chi connectivity index (χ3v) is 1.82. The lowest BCUT2D eigenvalue weighted by Crippen LogP contribution is -1.96. The van der Waals surface area contributed by atoms with Crippen LogP contribution in [0, 0.1) is 0 Å². The maximum absolute atomic E-state index is 12.1. The third-order valence-electron chi connectivity index (χ3n) is 1.31. The molecule has 1 rings (SSSR count). The van der Waals surface area contributed by atoms with Gasteiger partial charge < -0.3 is 0 Å². The molecule has 0 aliphatic rings. The van der Waals surface area contributed by atoms with Crippen molar-refractivity contribution in [3.63, 3.8) is 0 Å². The summed E-state index contributed by atoms with van der Waals surface area (Å²) in [5.74, 6) is 0. The molecule has 0 radical (unpaired) electrons. The Hall–Kier alpha value is -0.740. The lowest BCUT2D eigenvalue weighted by molar-refractivity contribution is 0.108. The van der Waals surface area contributed by atoms with Crippen LogP contribution < -0.4 is 0 Å². The van der Waals surface area contributed by atoms with E-state index in [1.807, 2.05) is 0 Å². The number of carbonyl (C=O) groups is 1. The Kier molecular flexibility index (Phi) is 3.17. The highest BCUT2D eigenvalue weighted by molar-refractivity contribution is 6.68. The van der Waals surface area contributed by atoms with Crippen LogP contribution in [0.1, 0.15) is 22.5 Å². The zero-order chi connectivity index (χ0) is 10.0. The highest BCUT2D eigenvalue weighted by atomic mass is 35.5. The van der Waals surface area contributed by atoms with Crippen molar-refractivity contribution in [2.75, 3.05) is 0 Å². The number of pyridine rings is 1. The quantitative estimate of drug-likeness (QED) is 0.725. The second-order valence-corrected chi connectivity index (χ2v) is 2.91. The van der Waals surface area contributed by atoms with E-state index >= 15 is 0 Å². The standard InChI is InChI=1S/C7H3Cl2F2NO/c8-4-2-12-5(7(10)11)1-3(4)6(9)13/h1-2,7H. The molecule has 70 valence electrons. The summed E-state index contributed by atoms with van der Waals surface area (Å²) in [4.78, 5) is 14.0. The predicted octanol–water partition coefficient (Wildman–Crippen LogP) is 3.05. The molecule has 0 unspecified atom stereocenters. The van der Waals surface area contributed by atoms with Gasteiger partial charge in [-0.05, 0) is 17.7 Å². The Morgan fingerprint density at radius 2 is 2.15 bits per heavy atom. The van der Waals surface area contributed by atoms with Gasteiger partial charge in [-0.3, -0.25) is 9.78 Å². The summed E-state index contributed by atoms with van der Waals surface area (Å²) in [5.41, 5.74) is -0.679. The van der Waals surface area contributed by atoms with E-state index in [1.54, 1.807) is 0 Å². The molecular weight excluding hydrogens is 223 g/mol. The normalized spacial score (nSPS) is 10.5. The second kappa shape index (κ2) is 3.98. The Morgan fingerprint density at radius 3 is 2.62 bits per heavy atom. The summed E-state index contributed by atoms with van der Waals surface area (Å²) in [5, 5.41) is -0.918. The minimum absolute atomic E-state index is 0.0376. The highest BCUT2D eigenvalue weighted by Gasteiger charge is 2.14. The highest BCUT2D eigenvalue weighted by Crippen LogP contribution is 2.23. The number of hydrogen-bond donors (Lipinski definition) is 0. The molecule has 0 aromatic carbocycles. The minimum atomic E-state index is -2.74. The number of halogens is 4. The fraction of sp³-hybridized carbons (Fsp3) is 0.143. The molecule has 2 nitrogen and oxygen atoms in total. The first-order chi connectivity index (χ1) is 6.02. The molecule has 0 bridgehead atoms. The van der Waals surface area contributed by atoms with Crippen molar-refractivity contribution in [3.8, 4) is 0 Å². The third kappa shape index (κ3) is 2.35. The Bertz CT molecular complexity index is 343. The van der Waals surface area contributed by atoms with E-state index in [0.717, 1.165) is 12.3 Å². The lowest BCUT2D eigenvalue weighted by Gasteiger charge is -2.01. The van der Waals surface area contributed by atoms with Crippen LogP contribution in [0.25, 0.3) is 0 Å². The van der Waals surface area contributed by atoms with Crippen LogP contribution in [0.2, 0.25) is 5.02 Å². The van der Waals surface area contributed by atoms with Gasteiger partial charge in [0.1, 0.15) is 5.69 Å². The Morgan fingerprint density at radius 1 is 1.54 bits per heavy atom. The van der Waals surface area contributed by atoms with E-state index in [2.05, 4.69) is 4.98 Å². The van der Waals surface area contributed by atoms with Gasteiger partial charge in [0.15, 0.2) is 0 Å². The van der Waals surface area contributed by atoms with Gasteiger partial charge in [0.05, 0.1) is 10.6 Å². The molecule has 0 spiro atoms. The lowest BCUT2D eigenvalue weighted by atomic mass is 10.2. The number of rotatable bonds is 2. The smallest absolute Gasteiger partial charge is 0.276 e. The van der Waals surface area contributed by atoms with E-state index in [-0.39, 0.29) is 10.6 Å². The average Bonchev–Trinajstić information content (AvgIpc) is 2.04. The number of hydrogen-bond acceptors (Lipinski definition) is 2. The van der Waals surface area contributed by atoms with E-state index in [0.29, 0.717) is 0 Å². The summed E-state index contributed by atoms with van der Waals surface area (Å²) in [6.07, 6.45) is -1.77. The van der Waals surface area contributed by atoms with Crippen LogP contribution >= 0.6 is 23.2 Å². The molecule has 13 heavy (non-hydrogen) atoms. The van der Waals surface area contributed by atoms with Crippen molar-refractivity contribution >= 4 is 28.4 Å². The summed E-state index contributed by atoms with van der Waals surface area (Å²) >= 11 is 10.6. The van der Waals surface area contributed by atoms with Crippen LogP contribution in [-0.4, -0.2) is 10.2 Å². The second-order valence-electron chi connectivity index (χ2n) is 2.16. The van der Waals surface area contributed by atoms with Gasteiger partial charge in [-0.25, -0.2) is 8.78 Å². The topological polar surface area (TPSA) is 30.0 Å².